The highest BCUT2D eigenvalue weighted by molar-refractivity contribution is 7.18. The van der Waals surface area contributed by atoms with E-state index in [9.17, 15) is 14.0 Å². The predicted octanol–water partition coefficient (Wildman–Crippen LogP) is 3.96. The van der Waals surface area contributed by atoms with Crippen molar-refractivity contribution in [2.45, 2.75) is 20.3 Å². The van der Waals surface area contributed by atoms with Gasteiger partial charge in [-0.2, -0.15) is 0 Å². The quantitative estimate of drug-likeness (QED) is 0.522. The highest BCUT2D eigenvalue weighted by Crippen LogP contribution is 2.32. The zero-order chi connectivity index (χ0) is 21.6. The first kappa shape index (κ1) is 20.0. The Kier molecular flexibility index (Phi) is 5.03. The Morgan fingerprint density at radius 1 is 1.27 bits per heavy atom. The van der Waals surface area contributed by atoms with E-state index in [1.807, 2.05) is 19.9 Å². The van der Waals surface area contributed by atoms with Crippen LogP contribution in [0, 0.1) is 19.7 Å². The molecule has 0 spiro atoms. The maximum absolute atomic E-state index is 13.5. The van der Waals surface area contributed by atoms with Crippen LogP contribution in [0.15, 0.2) is 35.1 Å². The largest absolute Gasteiger partial charge is 0.481 e. The van der Waals surface area contributed by atoms with Crippen molar-refractivity contribution in [3.63, 3.8) is 0 Å². The van der Waals surface area contributed by atoms with Crippen LogP contribution in [0.3, 0.4) is 0 Å². The number of carboxylic acid groups (broad SMARTS) is 1. The van der Waals surface area contributed by atoms with E-state index in [1.165, 1.54) is 23.5 Å². The van der Waals surface area contributed by atoms with Gasteiger partial charge in [-0.15, -0.1) is 11.3 Å². The van der Waals surface area contributed by atoms with E-state index in [2.05, 4.69) is 4.98 Å². The van der Waals surface area contributed by atoms with E-state index in [0.717, 1.165) is 15.8 Å². The second-order valence-electron chi connectivity index (χ2n) is 7.20. The molecular formula is C22H19FN2O4S. The van der Waals surface area contributed by atoms with E-state index in [4.69, 9.17) is 9.84 Å². The van der Waals surface area contributed by atoms with Crippen molar-refractivity contribution in [2.75, 3.05) is 6.61 Å². The number of nitrogens with zero attached hydrogens (tertiary/aromatic N) is 2. The number of hydrogen-bond donors (Lipinski definition) is 1. The van der Waals surface area contributed by atoms with Crippen molar-refractivity contribution in [1.29, 1.82) is 0 Å². The van der Waals surface area contributed by atoms with Crippen molar-refractivity contribution in [1.82, 2.24) is 9.55 Å². The molecule has 0 aliphatic rings. The molecule has 0 bridgehead atoms. The lowest BCUT2D eigenvalue weighted by Gasteiger charge is -2.17. The zero-order valence-corrected chi connectivity index (χ0v) is 17.5. The number of aliphatic carboxylic acids is 1. The van der Waals surface area contributed by atoms with E-state index in [-0.39, 0.29) is 11.4 Å². The molecule has 6 nitrogen and oxygen atoms in total. The smallest absolute Gasteiger partial charge is 0.341 e. The van der Waals surface area contributed by atoms with E-state index in [1.54, 1.807) is 23.7 Å². The average molecular weight is 426 g/mol. The van der Waals surface area contributed by atoms with Crippen LogP contribution in [0.4, 0.5) is 4.39 Å². The summed E-state index contributed by atoms with van der Waals surface area (Å²) in [5.41, 5.74) is 3.21. The third-order valence-corrected chi connectivity index (χ3v) is 6.09. The molecule has 4 aromatic rings. The first-order chi connectivity index (χ1) is 14.2. The molecule has 30 heavy (non-hydrogen) atoms. The molecule has 0 aliphatic heterocycles. The summed E-state index contributed by atoms with van der Waals surface area (Å²) in [7, 11) is 1.68. The summed E-state index contributed by atoms with van der Waals surface area (Å²) in [5, 5.41) is 10.4. The minimum Gasteiger partial charge on any atom is -0.481 e. The summed E-state index contributed by atoms with van der Waals surface area (Å²) >= 11 is 1.42. The van der Waals surface area contributed by atoms with Gasteiger partial charge in [-0.1, -0.05) is 0 Å². The fourth-order valence-corrected chi connectivity index (χ4v) is 4.60. The lowest BCUT2D eigenvalue weighted by atomic mass is 10.00. The van der Waals surface area contributed by atoms with Gasteiger partial charge >= 0.3 is 5.97 Å². The first-order valence-corrected chi connectivity index (χ1v) is 10.1. The summed E-state index contributed by atoms with van der Waals surface area (Å²) < 4.78 is 21.4. The molecule has 0 radical (unpaired) electrons. The molecule has 2 heterocycles. The van der Waals surface area contributed by atoms with Gasteiger partial charge in [0.1, 0.15) is 11.6 Å². The molecular weight excluding hydrogens is 407 g/mol. The van der Waals surface area contributed by atoms with Crippen LogP contribution in [0.1, 0.15) is 21.7 Å². The van der Waals surface area contributed by atoms with Gasteiger partial charge in [0.25, 0.3) is 5.56 Å². The van der Waals surface area contributed by atoms with Gasteiger partial charge in [0.2, 0.25) is 0 Å². The molecule has 0 atom stereocenters. The summed E-state index contributed by atoms with van der Waals surface area (Å²) in [4.78, 5) is 28.6. The van der Waals surface area contributed by atoms with E-state index >= 15 is 0 Å². The molecule has 1 N–H and O–H groups in total. The molecule has 0 fully saturated rings. The summed E-state index contributed by atoms with van der Waals surface area (Å²) in [6, 6.07) is 8.09. The fourth-order valence-electron chi connectivity index (χ4n) is 3.64. The molecule has 154 valence electrons. The predicted molar refractivity (Wildman–Crippen MR) is 114 cm³/mol. The maximum Gasteiger partial charge on any atom is 0.341 e. The second kappa shape index (κ2) is 7.53. The number of benzene rings is 2. The van der Waals surface area contributed by atoms with E-state index < -0.39 is 12.6 Å². The number of thiazole rings is 1. The number of carbonyl (C=O) groups is 1. The lowest BCUT2D eigenvalue weighted by molar-refractivity contribution is -0.139. The van der Waals surface area contributed by atoms with Gasteiger partial charge in [0, 0.05) is 30.5 Å². The lowest BCUT2D eigenvalue weighted by Crippen LogP contribution is -2.24. The molecule has 8 heteroatoms. The number of rotatable bonds is 5. The topological polar surface area (TPSA) is 81.4 Å². The minimum absolute atomic E-state index is 0.153. The second-order valence-corrected chi connectivity index (χ2v) is 8.32. The van der Waals surface area contributed by atoms with Crippen molar-refractivity contribution in [3.05, 3.63) is 68.2 Å². The van der Waals surface area contributed by atoms with Gasteiger partial charge in [-0.25, -0.2) is 14.2 Å². The number of aromatic nitrogens is 2. The zero-order valence-electron chi connectivity index (χ0n) is 16.7. The Balaban J connectivity index is 1.88. The number of fused-ring (bicyclic) bond motifs is 2. The molecule has 4 rings (SSSR count). The van der Waals surface area contributed by atoms with Crippen LogP contribution in [0.25, 0.3) is 21.1 Å². The number of halogens is 1. The van der Waals surface area contributed by atoms with Crippen molar-refractivity contribution >= 4 is 38.4 Å². The fraction of sp³-hybridized carbons (Fsp3) is 0.227. The Hall–Kier alpha value is -3.26. The van der Waals surface area contributed by atoms with Crippen LogP contribution in [-0.4, -0.2) is 27.2 Å². The Bertz CT molecular complexity index is 1370. The summed E-state index contributed by atoms with van der Waals surface area (Å²) in [6.45, 7) is 3.22. The summed E-state index contributed by atoms with van der Waals surface area (Å²) in [5.74, 6) is -1.00. The van der Waals surface area contributed by atoms with Gasteiger partial charge < -0.3 is 14.4 Å². The van der Waals surface area contributed by atoms with Crippen molar-refractivity contribution < 1.29 is 19.0 Å². The van der Waals surface area contributed by atoms with Crippen LogP contribution >= 0.6 is 11.3 Å². The number of hydrogen-bond acceptors (Lipinski definition) is 5. The van der Waals surface area contributed by atoms with Crippen LogP contribution in [-0.2, 0) is 18.3 Å². The van der Waals surface area contributed by atoms with Gasteiger partial charge in [0.15, 0.2) is 6.61 Å². The van der Waals surface area contributed by atoms with Crippen LogP contribution in [0.2, 0.25) is 0 Å². The molecule has 0 aliphatic carbocycles. The minimum atomic E-state index is -1.07. The normalized spacial score (nSPS) is 11.3. The summed E-state index contributed by atoms with van der Waals surface area (Å²) in [6.07, 6.45) is 0.293. The number of ether oxygens (including phenoxy) is 1. The van der Waals surface area contributed by atoms with Crippen molar-refractivity contribution in [2.24, 2.45) is 7.05 Å². The Labute approximate surface area is 175 Å². The number of aryl methyl sites for hydroxylation is 3. The molecule has 2 aromatic heterocycles. The third-order valence-electron chi connectivity index (χ3n) is 5.05. The molecule has 0 saturated carbocycles. The Morgan fingerprint density at radius 3 is 2.77 bits per heavy atom. The number of pyridine rings is 1. The monoisotopic (exact) mass is 426 g/mol. The van der Waals surface area contributed by atoms with Crippen molar-refractivity contribution in [3.8, 4) is 5.75 Å². The standard InChI is InChI=1S/C22H19FN2O4S/c1-11-6-16-21(17(7-11)29-10-20(26)27)12(2)14(22(28)25(16)3)9-19-24-15-8-13(23)4-5-18(15)30-19/h4-8H,9-10H2,1-3H3,(H,26,27). The maximum atomic E-state index is 13.5. The molecule has 0 unspecified atom stereocenters. The first-order valence-electron chi connectivity index (χ1n) is 9.27. The van der Waals surface area contributed by atoms with Gasteiger partial charge in [0.05, 0.1) is 20.7 Å². The highest BCUT2D eigenvalue weighted by Gasteiger charge is 2.19. The van der Waals surface area contributed by atoms with Crippen LogP contribution < -0.4 is 10.3 Å². The average Bonchev–Trinajstić information content (AvgIpc) is 3.09. The molecule has 0 saturated heterocycles. The third kappa shape index (κ3) is 3.54. The molecule has 2 aromatic carbocycles. The van der Waals surface area contributed by atoms with E-state index in [0.29, 0.717) is 39.2 Å². The van der Waals surface area contributed by atoms with Crippen LogP contribution in [0.5, 0.6) is 5.75 Å². The molecule has 0 amide bonds. The SMILES string of the molecule is Cc1cc(OCC(=O)O)c2c(C)c(Cc3nc4cc(F)ccc4s3)c(=O)n(C)c2c1. The van der Waals surface area contributed by atoms with Gasteiger partial charge in [-0.05, 0) is 49.2 Å². The van der Waals surface area contributed by atoms with Gasteiger partial charge in [-0.3, -0.25) is 4.79 Å². The highest BCUT2D eigenvalue weighted by atomic mass is 32.1. The number of carboxylic acids is 1. The Morgan fingerprint density at radius 2 is 2.03 bits per heavy atom.